The summed E-state index contributed by atoms with van der Waals surface area (Å²) < 4.78 is 0. The number of nitrogens with one attached hydrogen (secondary N) is 1. The van der Waals surface area contributed by atoms with Crippen LogP contribution in [0.25, 0.3) is 0 Å². The standard InChI is InChI=1S/C12H26N2/c1-4-9-14(11(2)3)10-12-5-7-13-8-6-12/h11-13H,4-10H2,1-3H3. The van der Waals surface area contributed by atoms with Crippen LogP contribution in [0.2, 0.25) is 0 Å². The molecule has 1 aliphatic rings. The lowest BCUT2D eigenvalue weighted by Crippen LogP contribution is -2.39. The number of hydrogen-bond acceptors (Lipinski definition) is 2. The lowest BCUT2D eigenvalue weighted by Gasteiger charge is -2.32. The summed E-state index contributed by atoms with van der Waals surface area (Å²) in [5.41, 5.74) is 0. The van der Waals surface area contributed by atoms with Crippen molar-refractivity contribution in [3.63, 3.8) is 0 Å². The topological polar surface area (TPSA) is 15.3 Å². The first kappa shape index (κ1) is 12.0. The number of nitrogens with zero attached hydrogens (tertiary/aromatic N) is 1. The zero-order valence-electron chi connectivity index (χ0n) is 10.1. The summed E-state index contributed by atoms with van der Waals surface area (Å²) in [5.74, 6) is 0.935. The lowest BCUT2D eigenvalue weighted by atomic mass is 9.97. The molecule has 1 rings (SSSR count). The summed E-state index contributed by atoms with van der Waals surface area (Å²) >= 11 is 0. The van der Waals surface area contributed by atoms with Gasteiger partial charge in [0.15, 0.2) is 0 Å². The minimum atomic E-state index is 0.713. The fraction of sp³-hybridized carbons (Fsp3) is 1.00. The maximum atomic E-state index is 3.43. The van der Waals surface area contributed by atoms with Crippen molar-refractivity contribution < 1.29 is 0 Å². The summed E-state index contributed by atoms with van der Waals surface area (Å²) in [6.07, 6.45) is 4.02. The fourth-order valence-corrected chi connectivity index (χ4v) is 2.24. The highest BCUT2D eigenvalue weighted by Crippen LogP contribution is 2.15. The Labute approximate surface area is 89.1 Å². The quantitative estimate of drug-likeness (QED) is 0.728. The highest BCUT2D eigenvalue weighted by atomic mass is 15.1. The van der Waals surface area contributed by atoms with Gasteiger partial charge in [0.25, 0.3) is 0 Å². The molecule has 0 bridgehead atoms. The first-order chi connectivity index (χ1) is 6.74. The Bertz CT molecular complexity index is 139. The molecule has 0 aromatic carbocycles. The van der Waals surface area contributed by atoms with Gasteiger partial charge in [0.2, 0.25) is 0 Å². The predicted molar refractivity (Wildman–Crippen MR) is 62.6 cm³/mol. The molecule has 2 heteroatoms. The molecule has 1 heterocycles. The van der Waals surface area contributed by atoms with E-state index in [-0.39, 0.29) is 0 Å². The third kappa shape index (κ3) is 3.97. The van der Waals surface area contributed by atoms with Crippen LogP contribution in [-0.2, 0) is 0 Å². The van der Waals surface area contributed by atoms with Crippen LogP contribution in [0.5, 0.6) is 0 Å². The van der Waals surface area contributed by atoms with E-state index < -0.39 is 0 Å². The molecule has 2 nitrogen and oxygen atoms in total. The van der Waals surface area contributed by atoms with Crippen molar-refractivity contribution in [1.82, 2.24) is 10.2 Å². The second kappa shape index (κ2) is 6.41. The van der Waals surface area contributed by atoms with E-state index in [1.54, 1.807) is 0 Å². The third-order valence-corrected chi connectivity index (χ3v) is 3.19. The summed E-state index contributed by atoms with van der Waals surface area (Å²) in [6, 6.07) is 0.713. The Morgan fingerprint density at radius 3 is 2.43 bits per heavy atom. The average molecular weight is 198 g/mol. The minimum Gasteiger partial charge on any atom is -0.317 e. The molecule has 0 radical (unpaired) electrons. The Balaban J connectivity index is 2.29. The molecule has 0 aliphatic carbocycles. The number of piperidine rings is 1. The number of hydrogen-bond donors (Lipinski definition) is 1. The van der Waals surface area contributed by atoms with Crippen LogP contribution in [0.3, 0.4) is 0 Å². The van der Waals surface area contributed by atoms with E-state index in [4.69, 9.17) is 0 Å². The smallest absolute Gasteiger partial charge is 0.00387 e. The molecule has 14 heavy (non-hydrogen) atoms. The highest BCUT2D eigenvalue weighted by molar-refractivity contribution is 4.73. The van der Waals surface area contributed by atoms with E-state index in [9.17, 15) is 0 Å². The molecule has 0 saturated carbocycles. The summed E-state index contributed by atoms with van der Waals surface area (Å²) in [6.45, 7) is 11.9. The van der Waals surface area contributed by atoms with Crippen LogP contribution in [0.4, 0.5) is 0 Å². The minimum absolute atomic E-state index is 0.713. The highest BCUT2D eigenvalue weighted by Gasteiger charge is 2.17. The first-order valence-corrected chi connectivity index (χ1v) is 6.18. The van der Waals surface area contributed by atoms with E-state index in [2.05, 4.69) is 31.0 Å². The molecule has 0 atom stereocenters. The molecule has 1 saturated heterocycles. The van der Waals surface area contributed by atoms with Crippen molar-refractivity contribution in [3.8, 4) is 0 Å². The Kier molecular flexibility index (Phi) is 5.49. The molecule has 0 spiro atoms. The second-order valence-corrected chi connectivity index (χ2v) is 4.78. The first-order valence-electron chi connectivity index (χ1n) is 6.18. The monoisotopic (exact) mass is 198 g/mol. The summed E-state index contributed by atoms with van der Waals surface area (Å²) in [7, 11) is 0. The fourth-order valence-electron chi connectivity index (χ4n) is 2.24. The lowest BCUT2D eigenvalue weighted by molar-refractivity contribution is 0.169. The van der Waals surface area contributed by atoms with Crippen molar-refractivity contribution in [3.05, 3.63) is 0 Å². The van der Waals surface area contributed by atoms with Gasteiger partial charge < -0.3 is 10.2 Å². The van der Waals surface area contributed by atoms with Gasteiger partial charge >= 0.3 is 0 Å². The number of rotatable bonds is 5. The van der Waals surface area contributed by atoms with Crippen LogP contribution in [0.1, 0.15) is 40.0 Å². The van der Waals surface area contributed by atoms with Gasteiger partial charge in [-0.25, -0.2) is 0 Å². The average Bonchev–Trinajstić information content (AvgIpc) is 2.18. The van der Waals surface area contributed by atoms with E-state index >= 15 is 0 Å². The van der Waals surface area contributed by atoms with Gasteiger partial charge in [-0.05, 0) is 58.7 Å². The van der Waals surface area contributed by atoms with Gasteiger partial charge in [-0.1, -0.05) is 6.92 Å². The maximum absolute atomic E-state index is 3.43. The van der Waals surface area contributed by atoms with Crippen molar-refractivity contribution in [1.29, 1.82) is 0 Å². The van der Waals surface area contributed by atoms with Gasteiger partial charge in [-0.2, -0.15) is 0 Å². The molecule has 1 aliphatic heterocycles. The van der Waals surface area contributed by atoms with Crippen molar-refractivity contribution in [2.24, 2.45) is 5.92 Å². The molecule has 0 aromatic heterocycles. The van der Waals surface area contributed by atoms with E-state index in [1.807, 2.05) is 0 Å². The largest absolute Gasteiger partial charge is 0.317 e. The van der Waals surface area contributed by atoms with E-state index in [1.165, 1.54) is 45.4 Å². The Hall–Kier alpha value is -0.0800. The maximum Gasteiger partial charge on any atom is 0.00387 e. The van der Waals surface area contributed by atoms with Gasteiger partial charge in [-0.15, -0.1) is 0 Å². The molecular formula is C12H26N2. The van der Waals surface area contributed by atoms with Gasteiger partial charge in [0.1, 0.15) is 0 Å². The van der Waals surface area contributed by atoms with Crippen LogP contribution in [-0.4, -0.2) is 37.1 Å². The molecule has 1 fully saturated rings. The van der Waals surface area contributed by atoms with Crippen molar-refractivity contribution in [2.75, 3.05) is 26.2 Å². The van der Waals surface area contributed by atoms with Crippen LogP contribution >= 0.6 is 0 Å². The van der Waals surface area contributed by atoms with E-state index in [0.29, 0.717) is 6.04 Å². The zero-order valence-corrected chi connectivity index (χ0v) is 10.1. The molecule has 0 amide bonds. The summed E-state index contributed by atoms with van der Waals surface area (Å²) in [4.78, 5) is 2.63. The van der Waals surface area contributed by atoms with Gasteiger partial charge in [0.05, 0.1) is 0 Å². The molecule has 0 aromatic rings. The van der Waals surface area contributed by atoms with Gasteiger partial charge in [0, 0.05) is 12.6 Å². The van der Waals surface area contributed by atoms with Crippen LogP contribution in [0.15, 0.2) is 0 Å². The third-order valence-electron chi connectivity index (χ3n) is 3.19. The Morgan fingerprint density at radius 2 is 1.93 bits per heavy atom. The van der Waals surface area contributed by atoms with Crippen molar-refractivity contribution >= 4 is 0 Å². The molecule has 1 N–H and O–H groups in total. The normalized spacial score (nSPS) is 19.5. The molecule has 0 unspecified atom stereocenters. The zero-order chi connectivity index (χ0) is 10.4. The molecular weight excluding hydrogens is 172 g/mol. The van der Waals surface area contributed by atoms with Gasteiger partial charge in [-0.3, -0.25) is 0 Å². The second-order valence-electron chi connectivity index (χ2n) is 4.78. The SMILES string of the molecule is CCCN(CC1CCNCC1)C(C)C. The summed E-state index contributed by atoms with van der Waals surface area (Å²) in [5, 5.41) is 3.43. The van der Waals surface area contributed by atoms with Crippen LogP contribution < -0.4 is 5.32 Å². The Morgan fingerprint density at radius 1 is 1.29 bits per heavy atom. The van der Waals surface area contributed by atoms with E-state index in [0.717, 1.165) is 5.92 Å². The molecule has 84 valence electrons. The predicted octanol–water partition coefficient (Wildman–Crippen LogP) is 2.11. The van der Waals surface area contributed by atoms with Crippen LogP contribution in [0, 0.1) is 5.92 Å². The van der Waals surface area contributed by atoms with Crippen molar-refractivity contribution in [2.45, 2.75) is 46.1 Å².